The number of piperidine rings is 1. The molecule has 0 saturated carbocycles. The molecule has 0 aliphatic carbocycles. The zero-order valence-electron chi connectivity index (χ0n) is 12.4. The lowest BCUT2D eigenvalue weighted by Crippen LogP contribution is -2.47. The average molecular weight is 303 g/mol. The zero-order valence-corrected chi connectivity index (χ0v) is 12.4. The Kier molecular flexibility index (Phi) is 3.94. The number of nitrogens with one attached hydrogen (secondary N) is 2. The number of amides is 1. The molecule has 22 heavy (non-hydrogen) atoms. The first-order chi connectivity index (χ1) is 10.6. The number of aromatic nitrogens is 1. The van der Waals surface area contributed by atoms with Gasteiger partial charge in [0.25, 0.3) is 5.91 Å². The lowest BCUT2D eigenvalue weighted by atomic mass is 10.0. The van der Waals surface area contributed by atoms with Gasteiger partial charge in [0.05, 0.1) is 11.1 Å². The van der Waals surface area contributed by atoms with E-state index in [1.54, 1.807) is 4.90 Å². The number of benzene rings is 1. The Bertz CT molecular complexity index is 772. The van der Waals surface area contributed by atoms with E-state index in [0.29, 0.717) is 29.6 Å². The summed E-state index contributed by atoms with van der Waals surface area (Å²) in [6, 6.07) is 5.63. The molecular weight excluding hydrogens is 285 g/mol. The van der Waals surface area contributed by atoms with E-state index < -0.39 is 11.4 Å². The van der Waals surface area contributed by atoms with Gasteiger partial charge in [-0.15, -0.1) is 0 Å². The van der Waals surface area contributed by atoms with Crippen molar-refractivity contribution in [1.82, 2.24) is 15.2 Å². The van der Waals surface area contributed by atoms with Gasteiger partial charge in [-0.25, -0.2) is 4.39 Å². The number of halogens is 1. The number of hydrogen-bond donors (Lipinski definition) is 2. The molecule has 1 aromatic heterocycles. The van der Waals surface area contributed by atoms with Crippen LogP contribution in [-0.2, 0) is 0 Å². The van der Waals surface area contributed by atoms with Crippen molar-refractivity contribution in [3.63, 3.8) is 0 Å². The highest BCUT2D eigenvalue weighted by molar-refractivity contribution is 6.06. The topological polar surface area (TPSA) is 65.2 Å². The number of likely N-dealkylation sites (N-methyl/N-ethyl adjacent to an activating group) is 1. The fourth-order valence-corrected chi connectivity index (χ4v) is 2.98. The van der Waals surface area contributed by atoms with Crippen LogP contribution in [-0.4, -0.2) is 42.0 Å². The summed E-state index contributed by atoms with van der Waals surface area (Å²) in [5, 5.41) is 3.75. The van der Waals surface area contributed by atoms with Crippen LogP contribution in [0.25, 0.3) is 10.9 Å². The lowest BCUT2D eigenvalue weighted by molar-refractivity contribution is 0.0700. The second-order valence-electron chi connectivity index (χ2n) is 5.62. The minimum atomic E-state index is -0.444. The molecule has 3 rings (SSSR count). The third kappa shape index (κ3) is 2.74. The van der Waals surface area contributed by atoms with Gasteiger partial charge in [-0.2, -0.15) is 0 Å². The number of H-pyrrole nitrogens is 1. The van der Waals surface area contributed by atoms with E-state index in [2.05, 4.69) is 10.3 Å². The van der Waals surface area contributed by atoms with E-state index in [1.165, 1.54) is 24.3 Å². The first-order valence-electron chi connectivity index (χ1n) is 7.37. The van der Waals surface area contributed by atoms with Gasteiger partial charge >= 0.3 is 0 Å². The number of likely N-dealkylation sites (tertiary alicyclic amines) is 1. The number of pyridine rings is 1. The molecule has 1 atom stereocenters. The molecule has 2 aromatic rings. The Morgan fingerprint density at radius 3 is 3.00 bits per heavy atom. The second-order valence-corrected chi connectivity index (χ2v) is 5.62. The van der Waals surface area contributed by atoms with Crippen LogP contribution < -0.4 is 10.9 Å². The molecule has 1 aliphatic rings. The van der Waals surface area contributed by atoms with Crippen LogP contribution >= 0.6 is 0 Å². The molecule has 6 heteroatoms. The Morgan fingerprint density at radius 1 is 1.41 bits per heavy atom. The highest BCUT2D eigenvalue weighted by atomic mass is 19.1. The normalized spacial score (nSPS) is 18.6. The lowest BCUT2D eigenvalue weighted by Gasteiger charge is -2.32. The van der Waals surface area contributed by atoms with Gasteiger partial charge in [0.1, 0.15) is 5.82 Å². The summed E-state index contributed by atoms with van der Waals surface area (Å²) in [5.74, 6) is -0.622. The van der Waals surface area contributed by atoms with Gasteiger partial charge in [0.15, 0.2) is 0 Å². The molecule has 2 N–H and O–H groups in total. The number of rotatable bonds is 2. The highest BCUT2D eigenvalue weighted by Crippen LogP contribution is 2.20. The maximum atomic E-state index is 13.3. The second kappa shape index (κ2) is 5.88. The Balaban J connectivity index is 2.02. The minimum Gasteiger partial charge on any atom is -0.337 e. The quantitative estimate of drug-likeness (QED) is 0.883. The van der Waals surface area contributed by atoms with Crippen molar-refractivity contribution in [2.75, 3.05) is 20.1 Å². The maximum absolute atomic E-state index is 13.3. The standard InChI is InChI=1S/C16H18FN3O2/c1-18-11-3-2-6-20(9-11)16(22)13-8-15(21)19-14-7-10(17)4-5-12(13)14/h4-5,7-8,11,18H,2-3,6,9H2,1H3,(H,19,21)/t11-/m0/s1. The van der Waals surface area contributed by atoms with Crippen LogP contribution in [0, 0.1) is 5.82 Å². The van der Waals surface area contributed by atoms with Crippen molar-refractivity contribution in [2.45, 2.75) is 18.9 Å². The van der Waals surface area contributed by atoms with E-state index in [1.807, 2.05) is 7.05 Å². The predicted octanol–water partition coefficient (Wildman–Crippen LogP) is 1.49. The number of nitrogens with zero attached hydrogens (tertiary/aromatic N) is 1. The highest BCUT2D eigenvalue weighted by Gasteiger charge is 2.25. The molecule has 116 valence electrons. The van der Waals surface area contributed by atoms with Crippen molar-refractivity contribution >= 4 is 16.8 Å². The summed E-state index contributed by atoms with van der Waals surface area (Å²) in [6.45, 7) is 1.29. The molecule has 1 saturated heterocycles. The SMILES string of the molecule is CN[C@H]1CCCN(C(=O)c2cc(=O)[nH]c3cc(F)ccc23)C1. The summed E-state index contributed by atoms with van der Waals surface area (Å²) in [6.07, 6.45) is 1.95. The number of hydrogen-bond acceptors (Lipinski definition) is 3. The molecule has 1 amide bonds. The van der Waals surface area contributed by atoms with E-state index in [0.717, 1.165) is 12.8 Å². The largest absolute Gasteiger partial charge is 0.337 e. The molecule has 2 heterocycles. The van der Waals surface area contributed by atoms with Gasteiger partial charge in [-0.1, -0.05) is 0 Å². The van der Waals surface area contributed by atoms with E-state index in [-0.39, 0.29) is 11.9 Å². The number of fused-ring (bicyclic) bond motifs is 1. The molecule has 1 aliphatic heterocycles. The summed E-state index contributed by atoms with van der Waals surface area (Å²) in [4.78, 5) is 28.8. The molecule has 1 aromatic carbocycles. The van der Waals surface area contributed by atoms with Crippen LogP contribution in [0.2, 0.25) is 0 Å². The maximum Gasteiger partial charge on any atom is 0.254 e. The third-order valence-corrected chi connectivity index (χ3v) is 4.15. The Morgan fingerprint density at radius 2 is 2.23 bits per heavy atom. The molecule has 0 bridgehead atoms. The van der Waals surface area contributed by atoms with Crippen molar-refractivity contribution in [3.05, 3.63) is 46.0 Å². The third-order valence-electron chi connectivity index (χ3n) is 4.15. The fourth-order valence-electron chi connectivity index (χ4n) is 2.98. The van der Waals surface area contributed by atoms with Gasteiger partial charge in [-0.05, 0) is 38.1 Å². The van der Waals surface area contributed by atoms with Crippen LogP contribution in [0.4, 0.5) is 4.39 Å². The summed E-state index contributed by atoms with van der Waals surface area (Å²) in [7, 11) is 1.88. The van der Waals surface area contributed by atoms with E-state index >= 15 is 0 Å². The monoisotopic (exact) mass is 303 g/mol. The first-order valence-corrected chi connectivity index (χ1v) is 7.37. The first kappa shape index (κ1) is 14.7. The molecule has 0 radical (unpaired) electrons. The summed E-state index contributed by atoms with van der Waals surface area (Å²) in [5.41, 5.74) is 0.275. The van der Waals surface area contributed by atoms with Crippen LogP contribution in [0.3, 0.4) is 0 Å². The summed E-state index contributed by atoms with van der Waals surface area (Å²) >= 11 is 0. The molecule has 1 fully saturated rings. The van der Waals surface area contributed by atoms with Crippen LogP contribution in [0.5, 0.6) is 0 Å². The zero-order chi connectivity index (χ0) is 15.7. The van der Waals surface area contributed by atoms with E-state index in [9.17, 15) is 14.0 Å². The van der Waals surface area contributed by atoms with Gasteiger partial charge in [-0.3, -0.25) is 9.59 Å². The molecule has 0 unspecified atom stereocenters. The molecule has 5 nitrogen and oxygen atoms in total. The number of carbonyl (C=O) groups excluding carboxylic acids is 1. The van der Waals surface area contributed by atoms with Crippen molar-refractivity contribution in [3.8, 4) is 0 Å². The van der Waals surface area contributed by atoms with Crippen LogP contribution in [0.15, 0.2) is 29.1 Å². The van der Waals surface area contributed by atoms with Crippen molar-refractivity contribution in [1.29, 1.82) is 0 Å². The smallest absolute Gasteiger partial charge is 0.254 e. The summed E-state index contributed by atoms with van der Waals surface area (Å²) < 4.78 is 13.3. The number of carbonyl (C=O) groups is 1. The predicted molar refractivity (Wildman–Crippen MR) is 82.5 cm³/mol. The van der Waals surface area contributed by atoms with E-state index in [4.69, 9.17) is 0 Å². The van der Waals surface area contributed by atoms with Gasteiger partial charge in [0, 0.05) is 30.6 Å². The molecule has 0 spiro atoms. The van der Waals surface area contributed by atoms with Crippen molar-refractivity contribution in [2.24, 2.45) is 0 Å². The average Bonchev–Trinajstić information content (AvgIpc) is 2.53. The minimum absolute atomic E-state index is 0.178. The Labute approximate surface area is 127 Å². The van der Waals surface area contributed by atoms with Crippen molar-refractivity contribution < 1.29 is 9.18 Å². The fraction of sp³-hybridized carbons (Fsp3) is 0.375. The van der Waals surface area contributed by atoms with Gasteiger partial charge < -0.3 is 15.2 Å². The molecular formula is C16H18FN3O2. The Hall–Kier alpha value is -2.21. The van der Waals surface area contributed by atoms with Crippen LogP contribution in [0.1, 0.15) is 23.2 Å². The number of aromatic amines is 1. The van der Waals surface area contributed by atoms with Gasteiger partial charge in [0.2, 0.25) is 5.56 Å².